The van der Waals surface area contributed by atoms with E-state index >= 15 is 0 Å². The van der Waals surface area contributed by atoms with E-state index in [0.717, 1.165) is 38.2 Å². The van der Waals surface area contributed by atoms with Crippen LogP contribution in [0.3, 0.4) is 0 Å². The van der Waals surface area contributed by atoms with Crippen LogP contribution in [-0.2, 0) is 11.3 Å². The molecule has 1 aromatic heterocycles. The van der Waals surface area contributed by atoms with Crippen molar-refractivity contribution in [1.82, 2.24) is 15.6 Å². The molecule has 0 saturated carbocycles. The summed E-state index contributed by atoms with van der Waals surface area (Å²) in [4.78, 5) is 14.3. The lowest BCUT2D eigenvalue weighted by Gasteiger charge is -2.05. The van der Waals surface area contributed by atoms with Crippen LogP contribution < -0.4 is 16.1 Å². The van der Waals surface area contributed by atoms with Gasteiger partial charge in [0.1, 0.15) is 0 Å². The van der Waals surface area contributed by atoms with Crippen LogP contribution in [0.25, 0.3) is 0 Å². The molecule has 17 heavy (non-hydrogen) atoms. The number of ether oxygens (including phenoxy) is 1. The molecule has 0 saturated heterocycles. The molecule has 0 spiro atoms. The van der Waals surface area contributed by atoms with E-state index in [1.54, 1.807) is 25.6 Å². The molecule has 0 aromatic carbocycles. The number of rotatable bonds is 9. The average Bonchev–Trinajstić information content (AvgIpc) is 2.35. The van der Waals surface area contributed by atoms with Gasteiger partial charge in [-0.2, -0.15) is 0 Å². The highest BCUT2D eigenvalue weighted by Gasteiger charge is 1.96. The minimum atomic E-state index is 0.0782. The molecule has 1 heterocycles. The molecule has 1 rings (SSSR count). The van der Waals surface area contributed by atoms with Gasteiger partial charge in [-0.1, -0.05) is 0 Å². The Labute approximate surface area is 102 Å². The third-order valence-corrected chi connectivity index (χ3v) is 2.41. The number of hydrogen-bond acceptors (Lipinski definition) is 4. The van der Waals surface area contributed by atoms with Crippen molar-refractivity contribution in [1.29, 1.82) is 0 Å². The predicted octanol–water partition coefficient (Wildman–Crippen LogP) is 0.0906. The molecule has 5 heteroatoms. The molecular weight excluding hydrogens is 218 g/mol. The van der Waals surface area contributed by atoms with Gasteiger partial charge in [-0.3, -0.25) is 4.79 Å². The van der Waals surface area contributed by atoms with Crippen LogP contribution in [0.1, 0.15) is 12.0 Å². The molecule has 0 unspecified atom stereocenters. The Morgan fingerprint density at radius 2 is 2.12 bits per heavy atom. The summed E-state index contributed by atoms with van der Waals surface area (Å²) in [6.45, 7) is 4.10. The van der Waals surface area contributed by atoms with Gasteiger partial charge >= 0.3 is 0 Å². The van der Waals surface area contributed by atoms with Gasteiger partial charge in [-0.25, -0.2) is 0 Å². The lowest BCUT2D eigenvalue weighted by molar-refractivity contribution is 0.199. The normalized spacial score (nSPS) is 10.6. The number of H-pyrrole nitrogens is 1. The van der Waals surface area contributed by atoms with Crippen molar-refractivity contribution in [2.45, 2.75) is 13.0 Å². The first-order valence-electron chi connectivity index (χ1n) is 5.91. The standard InChI is InChI=1S/C12H21N3O2/c1-17-8-7-13-4-2-5-14-9-11-10-15-6-3-12(11)16/h3,6,10,13-14H,2,4-5,7-9H2,1H3,(H,15,16). The van der Waals surface area contributed by atoms with Crippen molar-refractivity contribution in [3.63, 3.8) is 0 Å². The number of hydrogen-bond donors (Lipinski definition) is 3. The molecule has 3 N–H and O–H groups in total. The van der Waals surface area contributed by atoms with Crippen LogP contribution in [0.5, 0.6) is 0 Å². The van der Waals surface area contributed by atoms with Crippen LogP contribution in [0.2, 0.25) is 0 Å². The quantitative estimate of drug-likeness (QED) is 0.534. The highest BCUT2D eigenvalue weighted by atomic mass is 16.5. The van der Waals surface area contributed by atoms with Gasteiger partial charge in [0.15, 0.2) is 5.43 Å². The third kappa shape index (κ3) is 6.21. The zero-order chi connectivity index (χ0) is 12.3. The Bertz CT molecular complexity index is 352. The van der Waals surface area contributed by atoms with Gasteiger partial charge in [0.25, 0.3) is 0 Å². The third-order valence-electron chi connectivity index (χ3n) is 2.41. The van der Waals surface area contributed by atoms with E-state index in [1.165, 1.54) is 0 Å². The number of aromatic amines is 1. The van der Waals surface area contributed by atoms with Crippen LogP contribution in [-0.4, -0.2) is 38.3 Å². The van der Waals surface area contributed by atoms with Crippen molar-refractivity contribution in [3.8, 4) is 0 Å². The van der Waals surface area contributed by atoms with Gasteiger partial charge in [0.2, 0.25) is 0 Å². The van der Waals surface area contributed by atoms with E-state index < -0.39 is 0 Å². The summed E-state index contributed by atoms with van der Waals surface area (Å²) in [6.07, 6.45) is 4.42. The molecule has 0 aliphatic carbocycles. The second-order valence-corrected chi connectivity index (χ2v) is 3.81. The summed E-state index contributed by atoms with van der Waals surface area (Å²) >= 11 is 0. The van der Waals surface area contributed by atoms with E-state index in [1.807, 2.05) is 0 Å². The van der Waals surface area contributed by atoms with Crippen LogP contribution >= 0.6 is 0 Å². The van der Waals surface area contributed by atoms with Gasteiger partial charge in [0.05, 0.1) is 6.61 Å². The molecule has 0 atom stereocenters. The first kappa shape index (κ1) is 13.9. The summed E-state index contributed by atoms with van der Waals surface area (Å²) in [6, 6.07) is 1.54. The van der Waals surface area contributed by atoms with E-state index in [-0.39, 0.29) is 5.43 Å². The van der Waals surface area contributed by atoms with Gasteiger partial charge in [-0.05, 0) is 19.5 Å². The molecule has 0 fully saturated rings. The van der Waals surface area contributed by atoms with E-state index in [2.05, 4.69) is 15.6 Å². The van der Waals surface area contributed by atoms with Crippen molar-refractivity contribution < 1.29 is 4.74 Å². The van der Waals surface area contributed by atoms with Crippen molar-refractivity contribution in [3.05, 3.63) is 34.2 Å². The predicted molar refractivity (Wildman–Crippen MR) is 68.1 cm³/mol. The SMILES string of the molecule is COCCNCCCNCc1c[nH]ccc1=O. The fraction of sp³-hybridized carbons (Fsp3) is 0.583. The molecule has 1 aromatic rings. The van der Waals surface area contributed by atoms with Gasteiger partial charge in [-0.15, -0.1) is 0 Å². The molecule has 0 radical (unpaired) electrons. The number of aromatic nitrogens is 1. The number of pyridine rings is 1. The summed E-state index contributed by atoms with van der Waals surface area (Å²) in [7, 11) is 1.70. The van der Waals surface area contributed by atoms with Crippen molar-refractivity contribution >= 4 is 0 Å². The van der Waals surface area contributed by atoms with Crippen molar-refractivity contribution in [2.24, 2.45) is 0 Å². The highest BCUT2D eigenvalue weighted by Crippen LogP contribution is 1.86. The Morgan fingerprint density at radius 3 is 2.88 bits per heavy atom. The van der Waals surface area contributed by atoms with Gasteiger partial charge in [0, 0.05) is 44.2 Å². The van der Waals surface area contributed by atoms with Crippen LogP contribution in [0.15, 0.2) is 23.3 Å². The minimum Gasteiger partial charge on any atom is -0.383 e. The second-order valence-electron chi connectivity index (χ2n) is 3.81. The lowest BCUT2D eigenvalue weighted by Crippen LogP contribution is -2.25. The molecule has 96 valence electrons. The monoisotopic (exact) mass is 239 g/mol. The molecular formula is C12H21N3O2. The first-order chi connectivity index (χ1) is 8.34. The Morgan fingerprint density at radius 1 is 1.29 bits per heavy atom. The smallest absolute Gasteiger partial charge is 0.186 e. The topological polar surface area (TPSA) is 66.2 Å². The van der Waals surface area contributed by atoms with Crippen LogP contribution in [0, 0.1) is 0 Å². The minimum absolute atomic E-state index is 0.0782. The molecule has 0 bridgehead atoms. The Hall–Kier alpha value is -1.17. The summed E-state index contributed by atoms with van der Waals surface area (Å²) in [5, 5.41) is 6.51. The molecule has 0 aliphatic rings. The maximum atomic E-state index is 11.4. The maximum Gasteiger partial charge on any atom is 0.186 e. The lowest BCUT2D eigenvalue weighted by atomic mass is 10.2. The fourth-order valence-corrected chi connectivity index (χ4v) is 1.45. The molecule has 5 nitrogen and oxygen atoms in total. The zero-order valence-corrected chi connectivity index (χ0v) is 10.3. The van der Waals surface area contributed by atoms with E-state index in [9.17, 15) is 4.79 Å². The first-order valence-corrected chi connectivity index (χ1v) is 5.91. The maximum absolute atomic E-state index is 11.4. The number of nitrogens with one attached hydrogen (secondary N) is 3. The highest BCUT2D eigenvalue weighted by molar-refractivity contribution is 5.08. The average molecular weight is 239 g/mol. The van der Waals surface area contributed by atoms with E-state index in [0.29, 0.717) is 6.54 Å². The van der Waals surface area contributed by atoms with Gasteiger partial charge < -0.3 is 20.4 Å². The zero-order valence-electron chi connectivity index (χ0n) is 10.3. The van der Waals surface area contributed by atoms with E-state index in [4.69, 9.17) is 4.74 Å². The second kappa shape index (κ2) is 8.92. The summed E-state index contributed by atoms with van der Waals surface area (Å²) < 4.78 is 4.92. The summed E-state index contributed by atoms with van der Waals surface area (Å²) in [5.41, 5.74) is 0.856. The Balaban J connectivity index is 2.01. The summed E-state index contributed by atoms with van der Waals surface area (Å²) in [5.74, 6) is 0. The molecule has 0 aliphatic heterocycles. The fourth-order valence-electron chi connectivity index (χ4n) is 1.45. The Kier molecular flexibility index (Phi) is 7.29. The largest absolute Gasteiger partial charge is 0.383 e. The van der Waals surface area contributed by atoms with Crippen molar-refractivity contribution in [2.75, 3.05) is 33.4 Å². The molecule has 0 amide bonds. The van der Waals surface area contributed by atoms with Crippen LogP contribution in [0.4, 0.5) is 0 Å². The number of methoxy groups -OCH3 is 1.